The number of rotatable bonds is 14. The van der Waals surface area contributed by atoms with Crippen molar-refractivity contribution in [2.24, 2.45) is 0 Å². The second-order valence-corrected chi connectivity index (χ2v) is 14.7. The molecule has 0 spiro atoms. The van der Waals surface area contributed by atoms with E-state index in [1.807, 2.05) is 61.5 Å². The standard InChI is InChI=1S/C38H42BrN3O5S/c1-2-47-36-21-13-12-20-34(36)42(48(45,46)33-18-10-5-11-19-33)28-37(43)41(27-30-22-24-31(39)25-23-30)35(26-29-14-6-3-7-15-29)38(44)40-32-16-8-4-9-17-32/h3,5-7,10-15,18-25,32,35H,2,4,8-9,16-17,26-28H2,1H3,(H,40,44)/t35-/m1/s1. The summed E-state index contributed by atoms with van der Waals surface area (Å²) in [6.07, 6.45) is 5.28. The van der Waals surface area contributed by atoms with Crippen LogP contribution < -0.4 is 14.4 Å². The van der Waals surface area contributed by atoms with Crippen molar-refractivity contribution in [1.82, 2.24) is 10.2 Å². The highest BCUT2D eigenvalue weighted by atomic mass is 79.9. The molecule has 0 unspecified atom stereocenters. The van der Waals surface area contributed by atoms with E-state index in [4.69, 9.17) is 4.74 Å². The monoisotopic (exact) mass is 731 g/mol. The van der Waals surface area contributed by atoms with Gasteiger partial charge in [-0.05, 0) is 67.3 Å². The van der Waals surface area contributed by atoms with Gasteiger partial charge in [0.1, 0.15) is 18.3 Å². The van der Waals surface area contributed by atoms with Crippen molar-refractivity contribution in [2.45, 2.75) is 69.0 Å². The fourth-order valence-electron chi connectivity index (χ4n) is 6.06. The van der Waals surface area contributed by atoms with Crippen molar-refractivity contribution in [3.8, 4) is 5.75 Å². The van der Waals surface area contributed by atoms with Crippen LogP contribution in [-0.4, -0.2) is 50.4 Å². The van der Waals surface area contributed by atoms with Crippen LogP contribution in [0.4, 0.5) is 5.69 Å². The number of amides is 2. The molecule has 252 valence electrons. The minimum Gasteiger partial charge on any atom is -0.492 e. The Labute approximate surface area is 292 Å². The van der Waals surface area contributed by atoms with Crippen molar-refractivity contribution >= 4 is 43.5 Å². The maximum absolute atomic E-state index is 14.8. The van der Waals surface area contributed by atoms with Gasteiger partial charge < -0.3 is 15.0 Å². The van der Waals surface area contributed by atoms with Gasteiger partial charge in [-0.3, -0.25) is 13.9 Å². The van der Waals surface area contributed by atoms with Crippen LogP contribution in [0.3, 0.4) is 0 Å². The molecule has 0 radical (unpaired) electrons. The molecule has 0 heterocycles. The van der Waals surface area contributed by atoms with Gasteiger partial charge in [0, 0.05) is 23.5 Å². The fraction of sp³-hybridized carbons (Fsp3) is 0.316. The highest BCUT2D eigenvalue weighted by Crippen LogP contribution is 2.33. The van der Waals surface area contributed by atoms with E-state index in [0.717, 1.165) is 52.0 Å². The first-order valence-electron chi connectivity index (χ1n) is 16.4. The quantitative estimate of drug-likeness (QED) is 0.149. The van der Waals surface area contributed by atoms with E-state index in [-0.39, 0.29) is 35.5 Å². The highest BCUT2D eigenvalue weighted by Gasteiger charge is 2.36. The van der Waals surface area contributed by atoms with Gasteiger partial charge in [-0.2, -0.15) is 0 Å². The zero-order valence-corrected chi connectivity index (χ0v) is 29.5. The number of benzene rings is 4. The average Bonchev–Trinajstić information content (AvgIpc) is 3.11. The first-order chi connectivity index (χ1) is 23.3. The van der Waals surface area contributed by atoms with E-state index in [1.54, 1.807) is 42.5 Å². The second-order valence-electron chi connectivity index (χ2n) is 11.9. The summed E-state index contributed by atoms with van der Waals surface area (Å²) < 4.78 is 36.5. The molecule has 0 aromatic heterocycles. The van der Waals surface area contributed by atoms with E-state index in [2.05, 4.69) is 21.2 Å². The zero-order chi connectivity index (χ0) is 33.9. The van der Waals surface area contributed by atoms with Crippen molar-refractivity contribution in [3.63, 3.8) is 0 Å². The Morgan fingerprint density at radius 1 is 0.833 bits per heavy atom. The Morgan fingerprint density at radius 3 is 2.12 bits per heavy atom. The number of nitrogens with one attached hydrogen (secondary N) is 1. The van der Waals surface area contributed by atoms with Gasteiger partial charge in [0.15, 0.2) is 0 Å². The number of hydrogen-bond donors (Lipinski definition) is 1. The molecule has 8 nitrogen and oxygen atoms in total. The summed E-state index contributed by atoms with van der Waals surface area (Å²) in [5.74, 6) is -0.422. The summed E-state index contributed by atoms with van der Waals surface area (Å²) in [7, 11) is -4.23. The minimum atomic E-state index is -4.23. The summed E-state index contributed by atoms with van der Waals surface area (Å²) in [6.45, 7) is 1.69. The Morgan fingerprint density at radius 2 is 1.46 bits per heavy atom. The van der Waals surface area contributed by atoms with Crippen LogP contribution in [0.5, 0.6) is 5.75 Å². The smallest absolute Gasteiger partial charge is 0.264 e. The number of halogens is 1. The number of carbonyl (C=O) groups excluding carboxylic acids is 2. The van der Waals surface area contributed by atoms with E-state index in [0.29, 0.717) is 12.4 Å². The lowest BCUT2D eigenvalue weighted by Gasteiger charge is -2.35. The lowest BCUT2D eigenvalue weighted by atomic mass is 9.94. The largest absolute Gasteiger partial charge is 0.492 e. The maximum Gasteiger partial charge on any atom is 0.264 e. The molecule has 0 bridgehead atoms. The number of hydrogen-bond acceptors (Lipinski definition) is 5. The molecule has 5 rings (SSSR count). The first kappa shape index (κ1) is 35.2. The minimum absolute atomic E-state index is 0.0298. The molecular weight excluding hydrogens is 690 g/mol. The van der Waals surface area contributed by atoms with Crippen LogP contribution in [0.1, 0.15) is 50.2 Å². The van der Waals surface area contributed by atoms with Crippen LogP contribution in [0.2, 0.25) is 0 Å². The van der Waals surface area contributed by atoms with E-state index < -0.39 is 28.5 Å². The fourth-order valence-corrected chi connectivity index (χ4v) is 7.77. The van der Waals surface area contributed by atoms with Gasteiger partial charge in [-0.1, -0.05) is 108 Å². The molecule has 1 N–H and O–H groups in total. The SMILES string of the molecule is CCOc1ccccc1N(CC(=O)N(Cc1ccc(Br)cc1)[C@H](Cc1ccccc1)C(=O)NC1CCCCC1)S(=O)(=O)c1ccccc1. The summed E-state index contributed by atoms with van der Waals surface area (Å²) >= 11 is 3.48. The molecule has 48 heavy (non-hydrogen) atoms. The topological polar surface area (TPSA) is 96.0 Å². The summed E-state index contributed by atoms with van der Waals surface area (Å²) in [5, 5.41) is 3.24. The van der Waals surface area contributed by atoms with Crippen LogP contribution in [-0.2, 0) is 32.6 Å². The number of nitrogens with zero attached hydrogens (tertiary/aromatic N) is 2. The Balaban J connectivity index is 1.58. The molecule has 1 aliphatic carbocycles. The van der Waals surface area contributed by atoms with Crippen LogP contribution in [0.15, 0.2) is 119 Å². The van der Waals surface area contributed by atoms with Gasteiger partial charge >= 0.3 is 0 Å². The predicted octanol–water partition coefficient (Wildman–Crippen LogP) is 7.13. The Hall–Kier alpha value is -4.15. The summed E-state index contributed by atoms with van der Waals surface area (Å²) in [5.41, 5.74) is 1.94. The second kappa shape index (κ2) is 16.8. The van der Waals surface area contributed by atoms with E-state index >= 15 is 0 Å². The molecule has 1 fully saturated rings. The number of anilines is 1. The number of ether oxygens (including phenoxy) is 1. The molecule has 10 heteroatoms. The van der Waals surface area contributed by atoms with Gasteiger partial charge in [-0.25, -0.2) is 8.42 Å². The molecule has 4 aromatic carbocycles. The third-order valence-electron chi connectivity index (χ3n) is 8.53. The van der Waals surface area contributed by atoms with Crippen molar-refractivity contribution in [2.75, 3.05) is 17.5 Å². The predicted molar refractivity (Wildman–Crippen MR) is 192 cm³/mol. The van der Waals surface area contributed by atoms with Crippen molar-refractivity contribution in [1.29, 1.82) is 0 Å². The van der Waals surface area contributed by atoms with E-state index in [1.165, 1.54) is 17.0 Å². The molecular formula is C38H42BrN3O5S. The third-order valence-corrected chi connectivity index (χ3v) is 10.8. The molecule has 1 aliphatic rings. The highest BCUT2D eigenvalue weighted by molar-refractivity contribution is 9.10. The van der Waals surface area contributed by atoms with Gasteiger partial charge in [0.05, 0.1) is 17.2 Å². The van der Waals surface area contributed by atoms with Crippen LogP contribution in [0.25, 0.3) is 0 Å². The maximum atomic E-state index is 14.8. The normalized spacial score (nSPS) is 14.1. The Kier molecular flexibility index (Phi) is 12.3. The van der Waals surface area contributed by atoms with Crippen molar-refractivity contribution in [3.05, 3.63) is 125 Å². The van der Waals surface area contributed by atoms with Gasteiger partial charge in [0.25, 0.3) is 10.0 Å². The summed E-state index contributed by atoms with van der Waals surface area (Å²) in [6, 6.07) is 31.1. The number of para-hydroxylation sites is 2. The number of carbonyl (C=O) groups is 2. The molecule has 0 saturated heterocycles. The first-order valence-corrected chi connectivity index (χ1v) is 18.7. The lowest BCUT2D eigenvalue weighted by molar-refractivity contribution is -0.140. The summed E-state index contributed by atoms with van der Waals surface area (Å²) in [4.78, 5) is 30.6. The molecule has 4 aromatic rings. The average molecular weight is 733 g/mol. The van der Waals surface area contributed by atoms with Crippen molar-refractivity contribution < 1.29 is 22.7 Å². The van der Waals surface area contributed by atoms with Crippen LogP contribution in [0, 0.1) is 0 Å². The van der Waals surface area contributed by atoms with Crippen LogP contribution >= 0.6 is 15.9 Å². The molecule has 1 atom stereocenters. The Bertz CT molecular complexity index is 1750. The molecule has 1 saturated carbocycles. The molecule has 0 aliphatic heterocycles. The third kappa shape index (κ3) is 9.05. The number of sulfonamides is 1. The van der Waals surface area contributed by atoms with E-state index in [9.17, 15) is 18.0 Å². The molecule has 2 amide bonds. The lowest BCUT2D eigenvalue weighted by Crippen LogP contribution is -2.55. The zero-order valence-electron chi connectivity index (χ0n) is 27.1. The van der Waals surface area contributed by atoms with Gasteiger partial charge in [-0.15, -0.1) is 0 Å². The van der Waals surface area contributed by atoms with Gasteiger partial charge in [0.2, 0.25) is 11.8 Å².